The second-order valence-corrected chi connectivity index (χ2v) is 10.4. The van der Waals surface area contributed by atoms with Gasteiger partial charge in [-0.15, -0.1) is 0 Å². The van der Waals surface area contributed by atoms with Crippen LogP contribution in [0.5, 0.6) is 0 Å². The van der Waals surface area contributed by atoms with Gasteiger partial charge in [-0.3, -0.25) is 0 Å². The fraction of sp³-hybridized carbons (Fsp3) is 1.00. The molecule has 64 valence electrons. The van der Waals surface area contributed by atoms with E-state index in [1.807, 2.05) is 0 Å². The van der Waals surface area contributed by atoms with Gasteiger partial charge in [-0.1, -0.05) is 0 Å². The second kappa shape index (κ2) is 2.12. The van der Waals surface area contributed by atoms with Crippen LogP contribution in [0.2, 0.25) is 0 Å². The van der Waals surface area contributed by atoms with E-state index in [4.69, 9.17) is 12.2 Å². The average Bonchev–Trinajstić information content (AvgIpc) is 1.79. The predicted octanol–water partition coefficient (Wildman–Crippen LogP) is 0.273. The summed E-state index contributed by atoms with van der Waals surface area (Å²) in [5.41, 5.74) is 0. The van der Waals surface area contributed by atoms with Crippen molar-refractivity contribution in [2.24, 2.45) is 0 Å². The summed E-state index contributed by atoms with van der Waals surface area (Å²) in [6.45, 7) is 2.47. The minimum absolute atomic E-state index is 1.13. The molecule has 4 aliphatic heterocycles. The maximum absolute atomic E-state index is 4.86. The minimum atomic E-state index is -1.13. The summed E-state index contributed by atoms with van der Waals surface area (Å²) >= 11 is 4.86. The number of hydrogen-bond acceptors (Lipinski definition) is 4. The topological polar surface area (TPSA) is 9.72 Å². The Morgan fingerprint density at radius 3 is 1.45 bits per heavy atom. The van der Waals surface area contributed by atoms with Crippen molar-refractivity contribution in [1.29, 1.82) is 0 Å². The van der Waals surface area contributed by atoms with Crippen LogP contribution in [-0.2, 0) is 0 Å². The number of hydrogen-bond donors (Lipinski definition) is 1. The Balaban J connectivity index is 1.94. The van der Waals surface area contributed by atoms with E-state index in [1.165, 1.54) is 38.9 Å². The molecule has 4 saturated heterocycles. The first-order valence-electron chi connectivity index (χ1n) is 4.13. The van der Waals surface area contributed by atoms with E-state index in [9.17, 15) is 0 Å². The van der Waals surface area contributed by atoms with Crippen LogP contribution < -0.4 is 0 Å². The van der Waals surface area contributed by atoms with Gasteiger partial charge in [-0.25, -0.2) is 0 Å². The van der Waals surface area contributed by atoms with Gasteiger partial charge in [0.1, 0.15) is 0 Å². The summed E-state index contributed by atoms with van der Waals surface area (Å²) in [5.74, 6) is 0. The third kappa shape index (κ3) is 1.04. The maximum atomic E-state index is 4.86. The zero-order valence-electron chi connectivity index (χ0n) is 6.53. The monoisotopic (exact) mass is 191 g/mol. The van der Waals surface area contributed by atoms with E-state index in [0.717, 1.165) is 0 Å². The molecule has 4 heterocycles. The second-order valence-electron chi connectivity index (χ2n) is 4.14. The molecule has 0 N–H and O–H groups in total. The van der Waals surface area contributed by atoms with Crippen molar-refractivity contribution in [3.8, 4) is 0 Å². The number of rotatable bonds is 0. The van der Waals surface area contributed by atoms with Crippen molar-refractivity contribution >= 4 is 18.7 Å². The summed E-state index contributed by atoms with van der Waals surface area (Å²) in [5, 5.41) is 0. The molecule has 4 rings (SSSR count). The van der Waals surface area contributed by atoms with Crippen LogP contribution in [-0.4, -0.2) is 53.6 Å². The van der Waals surface area contributed by atoms with Gasteiger partial charge in [0.2, 0.25) is 0 Å². The summed E-state index contributed by atoms with van der Waals surface area (Å²) in [7, 11) is 0. The van der Waals surface area contributed by atoms with E-state index in [-0.39, 0.29) is 0 Å². The van der Waals surface area contributed by atoms with Gasteiger partial charge in [-0.2, -0.15) is 0 Å². The molecule has 0 aromatic carbocycles. The third-order valence-electron chi connectivity index (χ3n) is 2.75. The standard InChI is InChI=1S/C6H14N3PS/c11-10-4-7-1-8(5-10)3-9(2-7)6-10/h10-11H,1-6H2. The molecule has 5 heteroatoms. The Morgan fingerprint density at radius 2 is 1.18 bits per heavy atom. The molecule has 0 aliphatic carbocycles. The van der Waals surface area contributed by atoms with Crippen molar-refractivity contribution in [1.82, 2.24) is 14.7 Å². The first-order valence-corrected chi connectivity index (χ1v) is 8.04. The SMILES string of the molecule is S[PH]12CN3CN(CN(C3)C1)C2. The molecule has 0 spiro atoms. The summed E-state index contributed by atoms with van der Waals surface area (Å²) < 4.78 is 0. The number of thiol groups is 1. The van der Waals surface area contributed by atoms with Crippen molar-refractivity contribution in [3.05, 3.63) is 0 Å². The molecule has 4 bridgehead atoms. The summed E-state index contributed by atoms with van der Waals surface area (Å²) in [6, 6.07) is 0. The van der Waals surface area contributed by atoms with Crippen molar-refractivity contribution in [3.63, 3.8) is 0 Å². The van der Waals surface area contributed by atoms with Crippen LogP contribution >= 0.6 is 18.7 Å². The normalized spacial score (nSPS) is 54.5. The van der Waals surface area contributed by atoms with Crippen LogP contribution in [0, 0.1) is 0 Å². The van der Waals surface area contributed by atoms with Gasteiger partial charge in [-0.05, 0) is 0 Å². The van der Waals surface area contributed by atoms with E-state index in [0.29, 0.717) is 0 Å². The van der Waals surface area contributed by atoms with E-state index >= 15 is 0 Å². The van der Waals surface area contributed by atoms with Crippen LogP contribution in [0.25, 0.3) is 0 Å². The van der Waals surface area contributed by atoms with Crippen LogP contribution in [0.15, 0.2) is 0 Å². The predicted molar refractivity (Wildman–Crippen MR) is 52.0 cm³/mol. The molecule has 0 atom stereocenters. The third-order valence-corrected chi connectivity index (χ3v) is 7.13. The fourth-order valence-electron chi connectivity index (χ4n) is 2.68. The molecule has 0 aromatic heterocycles. The quantitative estimate of drug-likeness (QED) is 0.435. The molecule has 0 radical (unpaired) electrons. The molecule has 0 amide bonds. The van der Waals surface area contributed by atoms with Crippen LogP contribution in [0.3, 0.4) is 0 Å². The van der Waals surface area contributed by atoms with E-state index in [1.54, 1.807) is 0 Å². The van der Waals surface area contributed by atoms with Gasteiger partial charge < -0.3 is 0 Å². The Morgan fingerprint density at radius 1 is 0.818 bits per heavy atom. The first kappa shape index (κ1) is 7.10. The Kier molecular flexibility index (Phi) is 1.37. The molecule has 0 aromatic rings. The zero-order chi connectivity index (χ0) is 7.47. The molecule has 4 aliphatic rings. The zero-order valence-corrected chi connectivity index (χ0v) is 8.43. The van der Waals surface area contributed by atoms with Gasteiger partial charge in [0.25, 0.3) is 0 Å². The van der Waals surface area contributed by atoms with Crippen LogP contribution in [0.4, 0.5) is 0 Å². The van der Waals surface area contributed by atoms with Crippen molar-refractivity contribution in [2.75, 3.05) is 38.9 Å². The van der Waals surface area contributed by atoms with E-state index in [2.05, 4.69) is 14.7 Å². The van der Waals surface area contributed by atoms with Gasteiger partial charge in [0.05, 0.1) is 0 Å². The summed E-state index contributed by atoms with van der Waals surface area (Å²) in [6.07, 6.45) is 3.97. The molecular formula is C6H14N3PS. The molecule has 4 fully saturated rings. The molecular weight excluding hydrogens is 177 g/mol. The Hall–Kier alpha value is 0.660. The van der Waals surface area contributed by atoms with Gasteiger partial charge in [0.15, 0.2) is 0 Å². The van der Waals surface area contributed by atoms with Gasteiger partial charge in [0, 0.05) is 0 Å². The van der Waals surface area contributed by atoms with Crippen molar-refractivity contribution < 1.29 is 0 Å². The van der Waals surface area contributed by atoms with Crippen LogP contribution in [0.1, 0.15) is 0 Å². The first-order chi connectivity index (χ1) is 5.23. The molecule has 0 unspecified atom stereocenters. The van der Waals surface area contributed by atoms with Crippen molar-refractivity contribution in [2.45, 2.75) is 0 Å². The fourth-order valence-corrected chi connectivity index (χ4v) is 7.88. The summed E-state index contributed by atoms with van der Waals surface area (Å²) in [4.78, 5) is 7.61. The molecule has 11 heavy (non-hydrogen) atoms. The average molecular weight is 191 g/mol. The number of nitrogens with zero attached hydrogens (tertiary/aromatic N) is 3. The Labute approximate surface area is 72.8 Å². The Bertz CT molecular complexity index is 163. The van der Waals surface area contributed by atoms with E-state index < -0.39 is 6.46 Å². The molecule has 0 saturated carbocycles. The van der Waals surface area contributed by atoms with Gasteiger partial charge >= 0.3 is 72.3 Å². The molecule has 3 nitrogen and oxygen atoms in total.